The Morgan fingerprint density at radius 1 is 0.309 bits per heavy atom. The molecular formula is C54H37N. The maximum Gasteiger partial charge on any atom is 0.0651 e. The van der Waals surface area contributed by atoms with Crippen LogP contribution in [0.25, 0.3) is 76.8 Å². The molecule has 0 aliphatic carbocycles. The highest BCUT2D eigenvalue weighted by molar-refractivity contribution is 6.13. The lowest BCUT2D eigenvalue weighted by Gasteiger charge is -2.26. The van der Waals surface area contributed by atoms with Crippen molar-refractivity contribution in [2.45, 2.75) is 0 Å². The number of nitrogens with zero attached hydrogens (tertiary/aromatic N) is 1. The summed E-state index contributed by atoms with van der Waals surface area (Å²) in [6.07, 6.45) is 0. The van der Waals surface area contributed by atoms with Crippen LogP contribution in [0.15, 0.2) is 224 Å². The Morgan fingerprint density at radius 3 is 1.69 bits per heavy atom. The molecule has 0 fully saturated rings. The predicted octanol–water partition coefficient (Wildman–Crippen LogP) is 15.3. The Kier molecular flexibility index (Phi) is 6.33. The molecule has 0 N–H and O–H groups in total. The molecule has 258 valence electrons. The fraction of sp³-hybridized carbons (Fsp3) is 0. The fourth-order valence-corrected chi connectivity index (χ4v) is 7.43. The molecule has 0 radical (unpaired) electrons. The molecule has 1 heteroatoms. The molecule has 0 amide bonds. The van der Waals surface area contributed by atoms with Crippen LogP contribution in [0.3, 0.4) is 0 Å². The van der Waals surface area contributed by atoms with Gasteiger partial charge in [0.05, 0.1) is 11.0 Å². The van der Waals surface area contributed by atoms with E-state index in [1.807, 2.05) is 133 Å². The summed E-state index contributed by atoms with van der Waals surface area (Å²) in [5.74, 6) is 0. The molecule has 10 rings (SSSR count). The first-order valence-electron chi connectivity index (χ1n) is 22.3. The summed E-state index contributed by atoms with van der Waals surface area (Å²) in [6.45, 7) is 0. The molecule has 0 aliphatic heterocycles. The number of anilines is 3. The van der Waals surface area contributed by atoms with Gasteiger partial charge in [-0.1, -0.05) is 170 Å². The number of fused-ring (bicyclic) bond motifs is 4. The molecule has 0 saturated heterocycles. The minimum absolute atomic E-state index is 0.116. The van der Waals surface area contributed by atoms with Gasteiger partial charge in [-0.15, -0.1) is 0 Å². The molecule has 0 atom stereocenters. The molecule has 0 saturated carbocycles. The van der Waals surface area contributed by atoms with Crippen molar-refractivity contribution < 1.29 is 11.0 Å². The van der Waals surface area contributed by atoms with E-state index in [-0.39, 0.29) is 58.8 Å². The summed E-state index contributed by atoms with van der Waals surface area (Å²) < 4.78 is 76.0. The molecule has 1 nitrogen and oxygen atoms in total. The summed E-state index contributed by atoms with van der Waals surface area (Å²) in [7, 11) is 0. The van der Waals surface area contributed by atoms with E-state index < -0.39 is 12.1 Å². The first kappa shape index (κ1) is 24.9. The maximum absolute atomic E-state index is 9.79. The number of rotatable bonds is 7. The zero-order valence-electron chi connectivity index (χ0n) is 37.7. The molecule has 0 unspecified atom stereocenters. The lowest BCUT2D eigenvalue weighted by Crippen LogP contribution is -2.10. The second kappa shape index (κ2) is 14.0. The van der Waals surface area contributed by atoms with Gasteiger partial charge in [-0.25, -0.2) is 0 Å². The fourth-order valence-electron chi connectivity index (χ4n) is 7.43. The van der Waals surface area contributed by atoms with Gasteiger partial charge < -0.3 is 4.90 Å². The highest BCUT2D eigenvalue weighted by Crippen LogP contribution is 2.40. The Bertz CT molecular complexity index is 3410. The second-order valence-corrected chi connectivity index (χ2v) is 13.5. The Morgan fingerprint density at radius 2 is 0.909 bits per heavy atom. The first-order valence-corrected chi connectivity index (χ1v) is 18.3. The van der Waals surface area contributed by atoms with Crippen molar-refractivity contribution in [1.29, 1.82) is 0 Å². The van der Waals surface area contributed by atoms with Crippen LogP contribution >= 0.6 is 0 Å². The van der Waals surface area contributed by atoms with Crippen LogP contribution in [0, 0.1) is 0 Å². The zero-order valence-corrected chi connectivity index (χ0v) is 29.7. The van der Waals surface area contributed by atoms with Crippen molar-refractivity contribution >= 4 is 49.4 Å². The van der Waals surface area contributed by atoms with Crippen LogP contribution in [-0.4, -0.2) is 0 Å². The third-order valence-corrected chi connectivity index (χ3v) is 10.2. The van der Waals surface area contributed by atoms with Crippen molar-refractivity contribution in [2.24, 2.45) is 0 Å². The number of hydrogen-bond acceptors (Lipinski definition) is 1. The topological polar surface area (TPSA) is 3.24 Å². The lowest BCUT2D eigenvalue weighted by atomic mass is 9.93. The van der Waals surface area contributed by atoms with Crippen molar-refractivity contribution in [2.75, 3.05) is 4.90 Å². The van der Waals surface area contributed by atoms with Gasteiger partial charge in [0, 0.05) is 17.1 Å². The molecule has 0 bridgehead atoms. The normalized spacial score (nSPS) is 13.3. The van der Waals surface area contributed by atoms with Crippen molar-refractivity contribution in [1.82, 2.24) is 0 Å². The summed E-state index contributed by atoms with van der Waals surface area (Å²) in [5.41, 5.74) is 5.26. The Labute approximate surface area is 333 Å². The van der Waals surface area contributed by atoms with Crippen LogP contribution in [0.1, 0.15) is 11.0 Å². The van der Waals surface area contributed by atoms with Crippen LogP contribution in [0.5, 0.6) is 0 Å². The van der Waals surface area contributed by atoms with E-state index in [0.717, 1.165) is 54.6 Å². The quantitative estimate of drug-likeness (QED) is 0.149. The highest BCUT2D eigenvalue weighted by atomic mass is 15.1. The lowest BCUT2D eigenvalue weighted by molar-refractivity contribution is 1.28. The average molecular weight is 708 g/mol. The summed E-state index contributed by atoms with van der Waals surface area (Å²) in [6, 6.07) is 53.6. The largest absolute Gasteiger partial charge is 0.310 e. The third kappa shape index (κ3) is 6.22. The SMILES string of the molecule is [2H]c1c([2H])c(-c2ccc3ccccc3c2)c([2H])c(N(c2ccc(-c3cccc(-c4ccccc4)c3)cc2)c2c([2H])c([2H])c(-c3cc4ccccc4c4ccccc34)c([2H])c2[2H])c1[2H]. The Hall–Kier alpha value is -7.22. The molecule has 0 heterocycles. The molecule has 10 aromatic rings. The third-order valence-electron chi connectivity index (χ3n) is 10.2. The van der Waals surface area contributed by atoms with Gasteiger partial charge in [0.15, 0.2) is 0 Å². The van der Waals surface area contributed by atoms with Gasteiger partial charge in [-0.05, 0) is 131 Å². The van der Waals surface area contributed by atoms with E-state index in [9.17, 15) is 8.22 Å². The van der Waals surface area contributed by atoms with Gasteiger partial charge in [0.1, 0.15) is 0 Å². The smallest absolute Gasteiger partial charge is 0.0651 e. The van der Waals surface area contributed by atoms with E-state index in [0.29, 0.717) is 16.8 Å². The van der Waals surface area contributed by atoms with Gasteiger partial charge in [-0.3, -0.25) is 0 Å². The second-order valence-electron chi connectivity index (χ2n) is 13.5. The maximum atomic E-state index is 9.79. The van der Waals surface area contributed by atoms with Crippen LogP contribution in [0.4, 0.5) is 17.1 Å². The average Bonchev–Trinajstić information content (AvgIpc) is 3.32. The molecule has 55 heavy (non-hydrogen) atoms. The van der Waals surface area contributed by atoms with Gasteiger partial charge in [0.25, 0.3) is 0 Å². The van der Waals surface area contributed by atoms with Gasteiger partial charge in [0.2, 0.25) is 0 Å². The molecular weight excluding hydrogens is 663 g/mol. The highest BCUT2D eigenvalue weighted by Gasteiger charge is 2.16. The van der Waals surface area contributed by atoms with Gasteiger partial charge in [-0.2, -0.15) is 0 Å². The van der Waals surface area contributed by atoms with E-state index in [1.165, 1.54) is 4.90 Å². The first-order chi connectivity index (χ1) is 30.6. The van der Waals surface area contributed by atoms with E-state index in [1.54, 1.807) is 18.2 Å². The van der Waals surface area contributed by atoms with E-state index >= 15 is 0 Å². The van der Waals surface area contributed by atoms with Crippen molar-refractivity contribution in [3.63, 3.8) is 0 Å². The number of hydrogen-bond donors (Lipinski definition) is 0. The minimum Gasteiger partial charge on any atom is -0.310 e. The zero-order chi connectivity index (χ0) is 43.5. The summed E-state index contributed by atoms with van der Waals surface area (Å²) in [4.78, 5) is 1.40. The van der Waals surface area contributed by atoms with Gasteiger partial charge >= 0.3 is 0 Å². The van der Waals surface area contributed by atoms with E-state index in [2.05, 4.69) is 24.3 Å². The molecule has 0 aliphatic rings. The molecule has 0 aromatic heterocycles. The van der Waals surface area contributed by atoms with Crippen molar-refractivity contribution in [3.8, 4) is 44.5 Å². The molecule has 10 aromatic carbocycles. The van der Waals surface area contributed by atoms with Crippen molar-refractivity contribution in [3.05, 3.63) is 224 Å². The summed E-state index contributed by atoms with van der Waals surface area (Å²) in [5, 5.41) is 5.42. The number of benzene rings is 10. The summed E-state index contributed by atoms with van der Waals surface area (Å²) >= 11 is 0. The van der Waals surface area contributed by atoms with Crippen LogP contribution < -0.4 is 4.90 Å². The van der Waals surface area contributed by atoms with E-state index in [4.69, 9.17) is 2.74 Å². The van der Waals surface area contributed by atoms with Crippen LogP contribution in [-0.2, 0) is 0 Å². The Balaban J connectivity index is 1.21. The van der Waals surface area contributed by atoms with Crippen LogP contribution in [0.2, 0.25) is 0 Å². The standard InChI is InChI=1S/C54H37N/c1-2-12-38(13-3-1)43-17-10-18-44(34-43)40-26-30-48(31-27-40)55(50-20-11-19-45(36-50)46-25-24-39-14-4-5-15-42(39)35-46)49-32-28-41(29-33-49)54-37-47-16-6-7-21-51(47)52-22-8-9-23-53(52)54/h1-37H/i11D,19D,20D,28D,29D,32D,33D,36D. The monoisotopic (exact) mass is 707 g/mol. The molecule has 0 spiro atoms. The minimum atomic E-state index is -0.448. The predicted molar refractivity (Wildman–Crippen MR) is 235 cm³/mol.